The van der Waals surface area contributed by atoms with Gasteiger partial charge in [-0.15, -0.1) is 0 Å². The summed E-state index contributed by atoms with van der Waals surface area (Å²) in [6, 6.07) is 3.55. The second-order valence-corrected chi connectivity index (χ2v) is 9.11. The van der Waals surface area contributed by atoms with Gasteiger partial charge in [0.1, 0.15) is 0 Å². The molecule has 1 aromatic heterocycles. The first-order valence-electron chi connectivity index (χ1n) is 14.2. The van der Waals surface area contributed by atoms with Crippen LogP contribution < -0.4 is 10.6 Å². The number of carbonyl (C=O) groups is 1. The molecule has 0 saturated heterocycles. The van der Waals surface area contributed by atoms with E-state index in [9.17, 15) is 4.79 Å². The summed E-state index contributed by atoms with van der Waals surface area (Å²) in [6.45, 7) is 6.56. The molecule has 5 nitrogen and oxygen atoms in total. The molecule has 0 aliphatic carbocycles. The van der Waals surface area contributed by atoms with E-state index in [1.165, 1.54) is 0 Å². The van der Waals surface area contributed by atoms with Crippen LogP contribution in [0.4, 0.5) is 0 Å². The van der Waals surface area contributed by atoms with Crippen LogP contribution in [-0.2, 0) is 0 Å². The van der Waals surface area contributed by atoms with Crippen LogP contribution in [-0.4, -0.2) is 55.6 Å². The Morgan fingerprint density at radius 1 is 0.789 bits per heavy atom. The highest BCUT2D eigenvalue weighted by Gasteiger charge is 2.04. The van der Waals surface area contributed by atoms with Gasteiger partial charge in [-0.25, -0.2) is 0 Å². The van der Waals surface area contributed by atoms with Crippen molar-refractivity contribution in [1.82, 2.24) is 20.5 Å². The molecule has 0 fully saturated rings. The van der Waals surface area contributed by atoms with Crippen LogP contribution in [0.15, 0.2) is 97.4 Å². The fraction of sp³-hybridized carbons (Fsp3) is 0.455. The van der Waals surface area contributed by atoms with Crippen molar-refractivity contribution in [2.24, 2.45) is 0 Å². The molecule has 0 spiro atoms. The number of hydrogen-bond acceptors (Lipinski definition) is 4. The lowest BCUT2D eigenvalue weighted by atomic mass is 10.2. The molecule has 0 atom stereocenters. The summed E-state index contributed by atoms with van der Waals surface area (Å²) in [4.78, 5) is 18.2. The third-order valence-corrected chi connectivity index (χ3v) is 5.69. The monoisotopic (exact) mass is 518 g/mol. The zero-order chi connectivity index (χ0) is 27.4. The number of allylic oxidation sites excluding steroid dienone is 12. The lowest BCUT2D eigenvalue weighted by Crippen LogP contribution is -2.36. The van der Waals surface area contributed by atoms with Gasteiger partial charge in [0.25, 0.3) is 5.91 Å². The summed E-state index contributed by atoms with van der Waals surface area (Å²) < 4.78 is 0. The highest BCUT2D eigenvalue weighted by molar-refractivity contribution is 5.93. The van der Waals surface area contributed by atoms with Crippen molar-refractivity contribution < 1.29 is 4.79 Å². The van der Waals surface area contributed by atoms with E-state index >= 15 is 0 Å². The van der Waals surface area contributed by atoms with E-state index in [1.807, 2.05) is 0 Å². The number of amides is 1. The lowest BCUT2D eigenvalue weighted by molar-refractivity contribution is 0.0949. The molecule has 1 amide bonds. The first kappa shape index (κ1) is 33.0. The molecular formula is C33H50N4O. The van der Waals surface area contributed by atoms with E-state index < -0.39 is 0 Å². The molecule has 5 heteroatoms. The highest BCUT2D eigenvalue weighted by atomic mass is 16.1. The third-order valence-electron chi connectivity index (χ3n) is 5.69. The van der Waals surface area contributed by atoms with Crippen LogP contribution in [0, 0.1) is 0 Å². The predicted octanol–water partition coefficient (Wildman–Crippen LogP) is 6.81. The fourth-order valence-corrected chi connectivity index (χ4v) is 3.45. The smallest absolute Gasteiger partial charge is 0.252 e. The second-order valence-electron chi connectivity index (χ2n) is 9.11. The van der Waals surface area contributed by atoms with E-state index in [0.717, 1.165) is 77.5 Å². The zero-order valence-corrected chi connectivity index (χ0v) is 23.7. The van der Waals surface area contributed by atoms with Gasteiger partial charge in [-0.2, -0.15) is 0 Å². The van der Waals surface area contributed by atoms with Gasteiger partial charge in [-0.05, 0) is 77.1 Å². The summed E-state index contributed by atoms with van der Waals surface area (Å²) in [5, 5.41) is 6.43. The summed E-state index contributed by atoms with van der Waals surface area (Å²) in [6.07, 6.45) is 38.5. The van der Waals surface area contributed by atoms with Crippen LogP contribution in [0.3, 0.4) is 0 Å². The van der Waals surface area contributed by atoms with Crippen LogP contribution in [0.25, 0.3) is 0 Å². The Morgan fingerprint density at radius 3 is 1.89 bits per heavy atom. The van der Waals surface area contributed by atoms with Gasteiger partial charge in [0.15, 0.2) is 0 Å². The molecule has 0 unspecified atom stereocenters. The number of hydrogen-bond donors (Lipinski definition) is 2. The Balaban J connectivity index is 1.89. The Bertz CT molecular complexity index is 868. The van der Waals surface area contributed by atoms with Gasteiger partial charge >= 0.3 is 0 Å². The normalized spacial score (nSPS) is 12.6. The highest BCUT2D eigenvalue weighted by Crippen LogP contribution is 1.98. The zero-order valence-electron chi connectivity index (χ0n) is 23.7. The number of rotatable bonds is 22. The van der Waals surface area contributed by atoms with Gasteiger partial charge < -0.3 is 15.5 Å². The summed E-state index contributed by atoms with van der Waals surface area (Å²) in [7, 11) is 2.08. The average molecular weight is 519 g/mol. The van der Waals surface area contributed by atoms with Crippen molar-refractivity contribution in [2.45, 2.75) is 58.3 Å². The van der Waals surface area contributed by atoms with E-state index in [1.54, 1.807) is 24.5 Å². The van der Waals surface area contributed by atoms with Gasteiger partial charge in [0.05, 0.1) is 5.56 Å². The maximum absolute atomic E-state index is 12.0. The van der Waals surface area contributed by atoms with Crippen LogP contribution in [0.1, 0.15) is 68.6 Å². The van der Waals surface area contributed by atoms with Crippen molar-refractivity contribution >= 4 is 5.91 Å². The number of nitrogens with one attached hydrogen (secondary N) is 2. The number of nitrogens with zero attached hydrogens (tertiary/aromatic N) is 2. The molecule has 0 aliphatic heterocycles. The number of unbranched alkanes of at least 4 members (excludes halogenated alkanes) is 1. The summed E-state index contributed by atoms with van der Waals surface area (Å²) in [5.41, 5.74) is 0.601. The molecule has 1 rings (SSSR count). The predicted molar refractivity (Wildman–Crippen MR) is 164 cm³/mol. The van der Waals surface area contributed by atoms with Crippen molar-refractivity contribution in [3.63, 3.8) is 0 Å². The minimum Gasteiger partial charge on any atom is -0.351 e. The summed E-state index contributed by atoms with van der Waals surface area (Å²) in [5.74, 6) is -0.0703. The Morgan fingerprint density at radius 2 is 1.34 bits per heavy atom. The summed E-state index contributed by atoms with van der Waals surface area (Å²) >= 11 is 0. The maximum atomic E-state index is 12.0. The number of carbonyl (C=O) groups excluding carboxylic acids is 1. The molecule has 1 aromatic rings. The molecular weight excluding hydrogens is 468 g/mol. The van der Waals surface area contributed by atoms with Gasteiger partial charge in [0.2, 0.25) is 0 Å². The fourth-order valence-electron chi connectivity index (χ4n) is 3.45. The lowest BCUT2D eigenvalue weighted by Gasteiger charge is -2.17. The Labute approximate surface area is 232 Å². The van der Waals surface area contributed by atoms with Crippen molar-refractivity contribution in [2.75, 3.05) is 39.8 Å². The van der Waals surface area contributed by atoms with Gasteiger partial charge in [0, 0.05) is 38.6 Å². The molecule has 0 aromatic carbocycles. The Kier molecular flexibility index (Phi) is 22.3. The van der Waals surface area contributed by atoms with Crippen LogP contribution in [0.2, 0.25) is 0 Å². The SMILES string of the molecule is CC/C=C\C/C=C\C/C=C\C/C=C\C/C=C\C/C=C\CCCNCCN(C)CCNC(=O)c1cccnc1. The molecule has 38 heavy (non-hydrogen) atoms. The molecule has 2 N–H and O–H groups in total. The molecule has 0 radical (unpaired) electrons. The largest absolute Gasteiger partial charge is 0.351 e. The molecule has 208 valence electrons. The maximum Gasteiger partial charge on any atom is 0.252 e. The topological polar surface area (TPSA) is 57.3 Å². The minimum atomic E-state index is -0.0703. The van der Waals surface area contributed by atoms with E-state index in [2.05, 4.69) is 107 Å². The minimum absolute atomic E-state index is 0.0703. The van der Waals surface area contributed by atoms with E-state index in [0.29, 0.717) is 12.1 Å². The van der Waals surface area contributed by atoms with Crippen molar-refractivity contribution in [1.29, 1.82) is 0 Å². The third kappa shape index (κ3) is 21.1. The van der Waals surface area contributed by atoms with Gasteiger partial charge in [-0.1, -0.05) is 79.8 Å². The molecule has 0 aliphatic rings. The van der Waals surface area contributed by atoms with E-state index in [-0.39, 0.29) is 5.91 Å². The first-order chi connectivity index (χ1) is 18.7. The molecule has 0 saturated carbocycles. The van der Waals surface area contributed by atoms with Crippen LogP contribution >= 0.6 is 0 Å². The van der Waals surface area contributed by atoms with Crippen LogP contribution in [0.5, 0.6) is 0 Å². The molecule has 1 heterocycles. The first-order valence-corrected chi connectivity index (χ1v) is 14.2. The van der Waals surface area contributed by atoms with Gasteiger partial charge in [-0.3, -0.25) is 9.78 Å². The quantitative estimate of drug-likeness (QED) is 0.131. The van der Waals surface area contributed by atoms with Crippen molar-refractivity contribution in [3.05, 3.63) is 103 Å². The molecule has 0 bridgehead atoms. The van der Waals surface area contributed by atoms with Crippen molar-refractivity contribution in [3.8, 4) is 0 Å². The van der Waals surface area contributed by atoms with E-state index in [4.69, 9.17) is 0 Å². The number of aromatic nitrogens is 1. The average Bonchev–Trinajstić information content (AvgIpc) is 2.94. The number of pyridine rings is 1. The number of likely N-dealkylation sites (N-methyl/N-ethyl adjacent to an activating group) is 1. The Hall–Kier alpha value is -3.02. The standard InChI is InChI=1S/C33H50N4O/c1-3-4-5-6-7-8-9-10-11-12-13-14-15-16-17-18-19-20-21-22-25-34-27-29-37(2)30-28-36-33(38)32-24-23-26-35-31-32/h4-5,7-8,10-11,13-14,16-17,19-20,23-24,26,31,34H,3,6,9,12,15,18,21-22,25,27-30H2,1-2H3,(H,36,38)/b5-4-,8-7-,11-10-,14-13-,17-16-,20-19-. The second kappa shape index (κ2) is 25.6.